The van der Waals surface area contributed by atoms with Gasteiger partial charge in [-0.2, -0.15) is 5.10 Å². The van der Waals surface area contributed by atoms with Crippen LogP contribution >= 0.6 is 0 Å². The molecule has 0 aliphatic rings. The number of aromatic hydroxyl groups is 1. The quantitative estimate of drug-likeness (QED) is 0.654. The lowest BCUT2D eigenvalue weighted by molar-refractivity contribution is 0.0689. The number of aryl methyl sites for hydroxylation is 1. The number of nitrogens with one attached hydrogen (secondary N) is 1. The summed E-state index contributed by atoms with van der Waals surface area (Å²) in [6.07, 6.45) is 1.73. The lowest BCUT2D eigenvalue weighted by atomic mass is 10.1. The molecule has 0 aliphatic carbocycles. The standard InChI is InChI=1S/C13H11N3O3/c1-16-10(5-9(15-16)13(18)19)7-6-14-8-3-2-4-11(17)12(7)8/h2-6,14,17H,1H3,(H,18,19). The average Bonchev–Trinajstić information content (AvgIpc) is 2.93. The number of benzene rings is 1. The molecule has 0 radical (unpaired) electrons. The van der Waals surface area contributed by atoms with Crippen LogP contribution < -0.4 is 0 Å². The molecule has 3 aromatic rings. The number of carbonyl (C=O) groups is 1. The number of aromatic carboxylic acids is 1. The molecule has 2 aromatic heterocycles. The van der Waals surface area contributed by atoms with Crippen LogP contribution in [0.25, 0.3) is 22.2 Å². The Hall–Kier alpha value is -2.76. The van der Waals surface area contributed by atoms with Crippen molar-refractivity contribution in [3.8, 4) is 17.0 Å². The van der Waals surface area contributed by atoms with E-state index in [2.05, 4.69) is 10.1 Å². The molecule has 0 saturated heterocycles. The number of hydrogen-bond donors (Lipinski definition) is 3. The maximum atomic E-state index is 10.9. The number of phenolic OH excluding ortho intramolecular Hbond substituents is 1. The number of H-pyrrole nitrogens is 1. The predicted octanol–water partition coefficient (Wildman–Crippen LogP) is 1.97. The van der Waals surface area contributed by atoms with E-state index < -0.39 is 5.97 Å². The fourth-order valence-electron chi connectivity index (χ4n) is 2.19. The Bertz CT molecular complexity index is 786. The van der Waals surface area contributed by atoms with E-state index >= 15 is 0 Å². The van der Waals surface area contributed by atoms with E-state index in [-0.39, 0.29) is 11.4 Å². The number of carboxylic acids is 1. The highest BCUT2D eigenvalue weighted by molar-refractivity contribution is 6.00. The smallest absolute Gasteiger partial charge is 0.356 e. The maximum Gasteiger partial charge on any atom is 0.356 e. The van der Waals surface area contributed by atoms with E-state index in [0.717, 1.165) is 11.1 Å². The van der Waals surface area contributed by atoms with Gasteiger partial charge in [0.15, 0.2) is 5.69 Å². The van der Waals surface area contributed by atoms with Crippen LogP contribution in [0, 0.1) is 0 Å². The first-order valence-corrected chi connectivity index (χ1v) is 5.64. The van der Waals surface area contributed by atoms with E-state index in [4.69, 9.17) is 5.11 Å². The van der Waals surface area contributed by atoms with Gasteiger partial charge in [0.05, 0.1) is 11.1 Å². The summed E-state index contributed by atoms with van der Waals surface area (Å²) < 4.78 is 1.48. The number of fused-ring (bicyclic) bond motifs is 1. The van der Waals surface area contributed by atoms with Crippen molar-refractivity contribution >= 4 is 16.9 Å². The maximum absolute atomic E-state index is 10.9. The normalized spacial score (nSPS) is 11.0. The van der Waals surface area contributed by atoms with Crippen LogP contribution in [0.2, 0.25) is 0 Å². The minimum atomic E-state index is -1.08. The summed E-state index contributed by atoms with van der Waals surface area (Å²) in [5.74, 6) is -0.933. The lowest BCUT2D eigenvalue weighted by Crippen LogP contribution is -1.99. The number of hydrogen-bond acceptors (Lipinski definition) is 3. The van der Waals surface area contributed by atoms with Crippen molar-refractivity contribution in [2.24, 2.45) is 7.05 Å². The highest BCUT2D eigenvalue weighted by atomic mass is 16.4. The average molecular weight is 257 g/mol. The molecular weight excluding hydrogens is 246 g/mol. The van der Waals surface area contributed by atoms with Gasteiger partial charge in [0.2, 0.25) is 0 Å². The fraction of sp³-hybridized carbons (Fsp3) is 0.0769. The van der Waals surface area contributed by atoms with Gasteiger partial charge in [-0.15, -0.1) is 0 Å². The molecule has 96 valence electrons. The van der Waals surface area contributed by atoms with Crippen molar-refractivity contribution in [1.29, 1.82) is 0 Å². The molecule has 0 aliphatic heterocycles. The van der Waals surface area contributed by atoms with E-state index in [1.54, 1.807) is 25.4 Å². The van der Waals surface area contributed by atoms with Crippen molar-refractivity contribution < 1.29 is 15.0 Å². The van der Waals surface area contributed by atoms with Crippen molar-refractivity contribution in [2.75, 3.05) is 0 Å². The summed E-state index contributed by atoms with van der Waals surface area (Å²) in [6, 6.07) is 6.66. The molecule has 3 rings (SSSR count). The van der Waals surface area contributed by atoms with Crippen LogP contribution in [0.4, 0.5) is 0 Å². The molecule has 0 bridgehead atoms. The van der Waals surface area contributed by atoms with Gasteiger partial charge in [0.25, 0.3) is 0 Å². The van der Waals surface area contributed by atoms with Gasteiger partial charge in [-0.05, 0) is 18.2 Å². The number of phenols is 1. The van der Waals surface area contributed by atoms with E-state index in [1.807, 2.05) is 6.07 Å². The SMILES string of the molecule is Cn1nc(C(=O)O)cc1-c1c[nH]c2cccc(O)c12. The third-order valence-electron chi connectivity index (χ3n) is 3.06. The van der Waals surface area contributed by atoms with Crippen LogP contribution in [0.3, 0.4) is 0 Å². The molecule has 19 heavy (non-hydrogen) atoms. The number of aromatic amines is 1. The topological polar surface area (TPSA) is 91.1 Å². The summed E-state index contributed by atoms with van der Waals surface area (Å²) in [7, 11) is 1.67. The Morgan fingerprint density at radius 2 is 2.21 bits per heavy atom. The first kappa shape index (κ1) is 11.3. The summed E-state index contributed by atoms with van der Waals surface area (Å²) in [5.41, 5.74) is 2.11. The number of nitrogens with zero attached hydrogens (tertiary/aromatic N) is 2. The molecule has 0 unspecified atom stereocenters. The predicted molar refractivity (Wildman–Crippen MR) is 69.1 cm³/mol. The highest BCUT2D eigenvalue weighted by Gasteiger charge is 2.16. The molecule has 1 aromatic carbocycles. The van der Waals surface area contributed by atoms with Gasteiger partial charge in [-0.1, -0.05) is 6.07 Å². The Morgan fingerprint density at radius 3 is 2.89 bits per heavy atom. The fourth-order valence-corrected chi connectivity index (χ4v) is 2.19. The lowest BCUT2D eigenvalue weighted by Gasteiger charge is -2.01. The largest absolute Gasteiger partial charge is 0.507 e. The number of carboxylic acid groups (broad SMARTS) is 1. The zero-order valence-electron chi connectivity index (χ0n) is 10.1. The summed E-state index contributed by atoms with van der Waals surface area (Å²) in [5, 5.41) is 23.5. The second-order valence-corrected chi connectivity index (χ2v) is 4.25. The molecule has 6 nitrogen and oxygen atoms in total. The molecule has 3 N–H and O–H groups in total. The third kappa shape index (κ3) is 1.65. The highest BCUT2D eigenvalue weighted by Crippen LogP contribution is 2.34. The molecule has 0 amide bonds. The van der Waals surface area contributed by atoms with Crippen LogP contribution in [-0.4, -0.2) is 30.9 Å². The van der Waals surface area contributed by atoms with Gasteiger partial charge < -0.3 is 15.2 Å². The van der Waals surface area contributed by atoms with Crippen molar-refractivity contribution in [2.45, 2.75) is 0 Å². The Balaban J connectivity index is 2.28. The van der Waals surface area contributed by atoms with E-state index in [0.29, 0.717) is 11.1 Å². The number of aromatic nitrogens is 3. The van der Waals surface area contributed by atoms with Gasteiger partial charge in [-0.3, -0.25) is 4.68 Å². The molecule has 0 saturated carbocycles. The summed E-state index contributed by atoms with van der Waals surface area (Å²) in [6.45, 7) is 0. The second-order valence-electron chi connectivity index (χ2n) is 4.25. The third-order valence-corrected chi connectivity index (χ3v) is 3.06. The van der Waals surface area contributed by atoms with Gasteiger partial charge in [-0.25, -0.2) is 4.79 Å². The van der Waals surface area contributed by atoms with Crippen LogP contribution in [0.5, 0.6) is 5.75 Å². The Kier molecular flexibility index (Phi) is 2.31. The molecule has 6 heteroatoms. The summed E-state index contributed by atoms with van der Waals surface area (Å²) in [4.78, 5) is 14.0. The van der Waals surface area contributed by atoms with Crippen molar-refractivity contribution in [3.63, 3.8) is 0 Å². The van der Waals surface area contributed by atoms with Gasteiger partial charge >= 0.3 is 5.97 Å². The van der Waals surface area contributed by atoms with Crippen LogP contribution in [-0.2, 0) is 7.05 Å². The van der Waals surface area contributed by atoms with Crippen molar-refractivity contribution in [1.82, 2.24) is 14.8 Å². The van der Waals surface area contributed by atoms with Gasteiger partial charge in [0.1, 0.15) is 5.75 Å². The molecule has 0 atom stereocenters. The molecule has 0 spiro atoms. The zero-order valence-corrected chi connectivity index (χ0v) is 10.1. The van der Waals surface area contributed by atoms with E-state index in [1.165, 1.54) is 10.7 Å². The Morgan fingerprint density at radius 1 is 1.42 bits per heavy atom. The number of rotatable bonds is 2. The van der Waals surface area contributed by atoms with Crippen molar-refractivity contribution in [3.05, 3.63) is 36.2 Å². The summed E-state index contributed by atoms with van der Waals surface area (Å²) >= 11 is 0. The molecule has 2 heterocycles. The first-order chi connectivity index (χ1) is 9.08. The zero-order chi connectivity index (χ0) is 13.6. The minimum Gasteiger partial charge on any atom is -0.507 e. The second kappa shape index (κ2) is 3.88. The monoisotopic (exact) mass is 257 g/mol. The molecule has 0 fully saturated rings. The van der Waals surface area contributed by atoms with E-state index in [9.17, 15) is 9.90 Å². The minimum absolute atomic E-state index is 0.0257. The van der Waals surface area contributed by atoms with Crippen LogP contribution in [0.1, 0.15) is 10.5 Å². The Labute approximate surface area is 107 Å². The first-order valence-electron chi connectivity index (χ1n) is 5.64. The van der Waals surface area contributed by atoms with Gasteiger partial charge in [0, 0.05) is 24.3 Å². The van der Waals surface area contributed by atoms with Crippen LogP contribution in [0.15, 0.2) is 30.5 Å². The molecular formula is C13H11N3O3.